The first-order valence-corrected chi connectivity index (χ1v) is 6.69. The molecule has 1 aliphatic carbocycles. The third kappa shape index (κ3) is 2.27. The summed E-state index contributed by atoms with van der Waals surface area (Å²) in [6.45, 7) is 5.66. The molecule has 1 aliphatic heterocycles. The molecule has 1 heterocycles. The number of piperidine rings is 1. The highest BCUT2D eigenvalue weighted by Crippen LogP contribution is 2.43. The lowest BCUT2D eigenvalue weighted by Crippen LogP contribution is -2.57. The van der Waals surface area contributed by atoms with Gasteiger partial charge < -0.3 is 10.6 Å². The van der Waals surface area contributed by atoms with Crippen LogP contribution in [0.25, 0.3) is 0 Å². The minimum absolute atomic E-state index is 0.289. The maximum atomic E-state index is 6.02. The Morgan fingerprint density at radius 2 is 1.75 bits per heavy atom. The van der Waals surface area contributed by atoms with Gasteiger partial charge in [0.25, 0.3) is 0 Å². The average Bonchev–Trinajstić information content (AvgIpc) is 3.12. The molecule has 0 spiro atoms. The summed E-state index contributed by atoms with van der Waals surface area (Å²) >= 11 is 0. The molecule has 0 radical (unpaired) electrons. The molecule has 1 unspecified atom stereocenters. The summed E-state index contributed by atoms with van der Waals surface area (Å²) in [5.74, 6) is 0.869. The molecule has 94 valence electrons. The van der Waals surface area contributed by atoms with Gasteiger partial charge in [-0.2, -0.15) is 0 Å². The highest BCUT2D eigenvalue weighted by Gasteiger charge is 2.45. The summed E-state index contributed by atoms with van der Waals surface area (Å²) in [6.07, 6.45) is 5.38. The van der Waals surface area contributed by atoms with Crippen LogP contribution in [-0.4, -0.2) is 55.1 Å². The van der Waals surface area contributed by atoms with E-state index in [2.05, 4.69) is 30.8 Å². The van der Waals surface area contributed by atoms with Crippen molar-refractivity contribution >= 4 is 0 Å². The second-order valence-electron chi connectivity index (χ2n) is 6.02. The minimum atomic E-state index is 0.289. The number of likely N-dealkylation sites (tertiary alicyclic amines) is 1. The quantitative estimate of drug-likeness (QED) is 0.779. The molecule has 1 saturated heterocycles. The maximum absolute atomic E-state index is 6.02. The Kier molecular flexibility index (Phi) is 3.57. The molecule has 3 heteroatoms. The fraction of sp³-hybridized carbons (Fsp3) is 1.00. The Morgan fingerprint density at radius 3 is 2.12 bits per heavy atom. The topological polar surface area (TPSA) is 32.5 Å². The van der Waals surface area contributed by atoms with E-state index in [4.69, 9.17) is 5.73 Å². The van der Waals surface area contributed by atoms with Crippen LogP contribution in [0.1, 0.15) is 32.6 Å². The van der Waals surface area contributed by atoms with Crippen molar-refractivity contribution < 1.29 is 0 Å². The lowest BCUT2D eigenvalue weighted by molar-refractivity contribution is 0.0420. The van der Waals surface area contributed by atoms with E-state index >= 15 is 0 Å². The van der Waals surface area contributed by atoms with E-state index < -0.39 is 0 Å². The summed E-state index contributed by atoms with van der Waals surface area (Å²) in [4.78, 5) is 5.03. The smallest absolute Gasteiger partial charge is 0.0331 e. The first kappa shape index (κ1) is 12.3. The lowest BCUT2D eigenvalue weighted by atomic mass is 9.90. The molecule has 3 nitrogen and oxygen atoms in total. The molecule has 0 bridgehead atoms. The van der Waals surface area contributed by atoms with Gasteiger partial charge in [-0.3, -0.25) is 4.90 Å². The van der Waals surface area contributed by atoms with Crippen molar-refractivity contribution in [2.45, 2.75) is 44.2 Å². The van der Waals surface area contributed by atoms with E-state index in [1.54, 1.807) is 0 Å². The van der Waals surface area contributed by atoms with Gasteiger partial charge in [-0.25, -0.2) is 0 Å². The first-order chi connectivity index (χ1) is 7.58. The minimum Gasteiger partial charge on any atom is -0.329 e. The maximum Gasteiger partial charge on any atom is 0.0331 e. The zero-order valence-corrected chi connectivity index (χ0v) is 11.1. The average molecular weight is 225 g/mol. The molecule has 2 fully saturated rings. The number of rotatable bonds is 4. The van der Waals surface area contributed by atoms with E-state index in [0.717, 1.165) is 18.5 Å². The summed E-state index contributed by atoms with van der Waals surface area (Å²) in [7, 11) is 4.40. The number of hydrogen-bond acceptors (Lipinski definition) is 3. The van der Waals surface area contributed by atoms with Crippen LogP contribution in [0.4, 0.5) is 0 Å². The van der Waals surface area contributed by atoms with Crippen molar-refractivity contribution in [3.8, 4) is 0 Å². The molecule has 0 aromatic rings. The van der Waals surface area contributed by atoms with Gasteiger partial charge in [0.1, 0.15) is 0 Å². The van der Waals surface area contributed by atoms with Crippen LogP contribution in [0.5, 0.6) is 0 Å². The Hall–Kier alpha value is -0.120. The second-order valence-corrected chi connectivity index (χ2v) is 6.02. The van der Waals surface area contributed by atoms with Crippen LogP contribution in [0.3, 0.4) is 0 Å². The molecule has 2 N–H and O–H groups in total. The molecule has 1 saturated carbocycles. The van der Waals surface area contributed by atoms with Gasteiger partial charge in [-0.15, -0.1) is 0 Å². The van der Waals surface area contributed by atoms with Crippen LogP contribution in [0.15, 0.2) is 0 Å². The standard InChI is InChI=1S/C13H27N3/c1-13(10-14,11-4-5-11)16-8-6-12(7-9-16)15(2)3/h11-12H,4-10,14H2,1-3H3. The van der Waals surface area contributed by atoms with E-state index in [-0.39, 0.29) is 5.54 Å². The molecular formula is C13H27N3. The van der Waals surface area contributed by atoms with Crippen LogP contribution >= 0.6 is 0 Å². The fourth-order valence-corrected chi connectivity index (χ4v) is 3.15. The Bertz CT molecular complexity index is 229. The molecule has 0 amide bonds. The highest BCUT2D eigenvalue weighted by atomic mass is 15.2. The molecule has 2 rings (SSSR count). The zero-order chi connectivity index (χ0) is 11.8. The Balaban J connectivity index is 1.92. The van der Waals surface area contributed by atoms with E-state index in [1.165, 1.54) is 38.8 Å². The van der Waals surface area contributed by atoms with Gasteiger partial charge in [0.2, 0.25) is 0 Å². The van der Waals surface area contributed by atoms with Gasteiger partial charge in [-0.05, 0) is 52.6 Å². The Morgan fingerprint density at radius 1 is 1.19 bits per heavy atom. The van der Waals surface area contributed by atoms with Gasteiger partial charge in [0, 0.05) is 31.2 Å². The number of nitrogens with two attached hydrogens (primary N) is 1. The van der Waals surface area contributed by atoms with Crippen LogP contribution in [0, 0.1) is 5.92 Å². The fourth-order valence-electron chi connectivity index (χ4n) is 3.15. The van der Waals surface area contributed by atoms with Crippen molar-refractivity contribution in [2.24, 2.45) is 11.7 Å². The number of hydrogen-bond donors (Lipinski definition) is 1. The monoisotopic (exact) mass is 225 g/mol. The van der Waals surface area contributed by atoms with E-state index in [0.29, 0.717) is 0 Å². The predicted octanol–water partition coefficient (Wildman–Crippen LogP) is 1.14. The second kappa shape index (κ2) is 4.63. The summed E-state index contributed by atoms with van der Waals surface area (Å²) in [5.41, 5.74) is 6.31. The molecule has 1 atom stereocenters. The SMILES string of the molecule is CN(C)C1CCN(C(C)(CN)C2CC2)CC1. The zero-order valence-electron chi connectivity index (χ0n) is 11.1. The Labute approximate surface area is 100.0 Å². The van der Waals surface area contributed by atoms with Gasteiger partial charge in [-0.1, -0.05) is 0 Å². The predicted molar refractivity (Wildman–Crippen MR) is 68.5 cm³/mol. The van der Waals surface area contributed by atoms with Crippen molar-refractivity contribution in [2.75, 3.05) is 33.7 Å². The molecule has 0 aromatic carbocycles. The van der Waals surface area contributed by atoms with Gasteiger partial charge in [0.05, 0.1) is 0 Å². The van der Waals surface area contributed by atoms with E-state index in [1.807, 2.05) is 0 Å². The lowest BCUT2D eigenvalue weighted by Gasteiger charge is -2.46. The summed E-state index contributed by atoms with van der Waals surface area (Å²) in [6, 6.07) is 0.775. The van der Waals surface area contributed by atoms with Crippen molar-refractivity contribution in [1.82, 2.24) is 9.80 Å². The van der Waals surface area contributed by atoms with Crippen molar-refractivity contribution in [3.05, 3.63) is 0 Å². The van der Waals surface area contributed by atoms with Crippen molar-refractivity contribution in [1.29, 1.82) is 0 Å². The third-order valence-corrected chi connectivity index (χ3v) is 4.79. The first-order valence-electron chi connectivity index (χ1n) is 6.69. The third-order valence-electron chi connectivity index (χ3n) is 4.79. The summed E-state index contributed by atoms with van der Waals surface area (Å²) in [5, 5.41) is 0. The summed E-state index contributed by atoms with van der Waals surface area (Å²) < 4.78 is 0. The number of nitrogens with zero attached hydrogens (tertiary/aromatic N) is 2. The molecule has 0 aromatic heterocycles. The highest BCUT2D eigenvalue weighted by molar-refractivity contribution is 5.01. The molecular weight excluding hydrogens is 198 g/mol. The van der Waals surface area contributed by atoms with Crippen molar-refractivity contribution in [3.63, 3.8) is 0 Å². The largest absolute Gasteiger partial charge is 0.329 e. The van der Waals surface area contributed by atoms with E-state index in [9.17, 15) is 0 Å². The van der Waals surface area contributed by atoms with Gasteiger partial charge >= 0.3 is 0 Å². The van der Waals surface area contributed by atoms with Crippen LogP contribution < -0.4 is 5.73 Å². The van der Waals surface area contributed by atoms with Gasteiger partial charge in [0.15, 0.2) is 0 Å². The van der Waals surface area contributed by atoms with Crippen LogP contribution in [-0.2, 0) is 0 Å². The van der Waals surface area contributed by atoms with Crippen LogP contribution in [0.2, 0.25) is 0 Å². The molecule has 2 aliphatic rings. The normalized spacial score (nSPS) is 28.3. The molecule has 16 heavy (non-hydrogen) atoms.